The molecule has 0 bridgehead atoms. The third-order valence-electron chi connectivity index (χ3n) is 2.75. The van der Waals surface area contributed by atoms with Crippen LogP contribution in [0.25, 0.3) is 0 Å². The Morgan fingerprint density at radius 3 is 2.94 bits per heavy atom. The second kappa shape index (κ2) is 6.21. The third kappa shape index (κ3) is 3.34. The van der Waals surface area contributed by atoms with E-state index in [1.807, 2.05) is 35.3 Å². The topological polar surface area (TPSA) is 53.1 Å². The van der Waals surface area contributed by atoms with E-state index in [0.29, 0.717) is 13.2 Å². The van der Waals surface area contributed by atoms with E-state index in [1.165, 1.54) is 5.56 Å². The number of hydrogen-bond donors (Lipinski definition) is 1. The summed E-state index contributed by atoms with van der Waals surface area (Å²) in [6.07, 6.45) is 4.72. The van der Waals surface area contributed by atoms with E-state index in [0.717, 1.165) is 24.3 Å². The highest BCUT2D eigenvalue weighted by Crippen LogP contribution is 2.15. The number of rotatable bonds is 6. The lowest BCUT2D eigenvalue weighted by Gasteiger charge is -2.06. The molecular formula is C14H19N3O. The molecule has 1 aromatic heterocycles. The van der Waals surface area contributed by atoms with E-state index in [-0.39, 0.29) is 0 Å². The number of aryl methyl sites for hydroxylation is 1. The second-order valence-corrected chi connectivity index (χ2v) is 4.18. The van der Waals surface area contributed by atoms with Crippen LogP contribution < -0.4 is 10.5 Å². The molecule has 2 aromatic rings. The van der Waals surface area contributed by atoms with Gasteiger partial charge in [-0.1, -0.05) is 12.1 Å². The van der Waals surface area contributed by atoms with Crippen LogP contribution in [0.2, 0.25) is 0 Å². The van der Waals surface area contributed by atoms with Gasteiger partial charge in [-0.05, 0) is 37.6 Å². The van der Waals surface area contributed by atoms with Gasteiger partial charge in [0.2, 0.25) is 0 Å². The molecule has 0 fully saturated rings. The van der Waals surface area contributed by atoms with Crippen molar-refractivity contribution >= 4 is 0 Å². The zero-order chi connectivity index (χ0) is 12.8. The van der Waals surface area contributed by atoms with Crippen molar-refractivity contribution in [2.24, 2.45) is 5.73 Å². The van der Waals surface area contributed by atoms with Gasteiger partial charge < -0.3 is 10.5 Å². The van der Waals surface area contributed by atoms with Crippen molar-refractivity contribution < 1.29 is 4.74 Å². The largest absolute Gasteiger partial charge is 0.489 e. The average molecular weight is 245 g/mol. The van der Waals surface area contributed by atoms with E-state index in [9.17, 15) is 0 Å². The Morgan fingerprint density at radius 1 is 1.33 bits per heavy atom. The Labute approximate surface area is 107 Å². The van der Waals surface area contributed by atoms with E-state index in [1.54, 1.807) is 0 Å². The number of aromatic nitrogens is 2. The monoisotopic (exact) mass is 245 g/mol. The molecule has 2 N–H and O–H groups in total. The first-order valence-electron chi connectivity index (χ1n) is 6.25. The predicted molar refractivity (Wildman–Crippen MR) is 71.4 cm³/mol. The van der Waals surface area contributed by atoms with Crippen LogP contribution >= 0.6 is 0 Å². The molecule has 0 aliphatic carbocycles. The minimum absolute atomic E-state index is 0.548. The molecule has 0 saturated heterocycles. The van der Waals surface area contributed by atoms with Gasteiger partial charge in [-0.25, -0.2) is 0 Å². The lowest BCUT2D eigenvalue weighted by Crippen LogP contribution is -2.03. The molecule has 0 aliphatic rings. The molecule has 1 heterocycles. The smallest absolute Gasteiger partial charge is 0.120 e. The second-order valence-electron chi connectivity index (χ2n) is 4.18. The van der Waals surface area contributed by atoms with Crippen LogP contribution in [-0.2, 0) is 19.6 Å². The van der Waals surface area contributed by atoms with Gasteiger partial charge in [0.15, 0.2) is 0 Å². The Kier molecular flexibility index (Phi) is 4.36. The Bertz CT molecular complexity index is 493. The number of nitrogens with two attached hydrogens (primary N) is 1. The highest BCUT2D eigenvalue weighted by atomic mass is 16.5. The molecule has 2 rings (SSSR count). The van der Waals surface area contributed by atoms with Crippen molar-refractivity contribution in [3.8, 4) is 5.75 Å². The van der Waals surface area contributed by atoms with Crippen molar-refractivity contribution in [1.29, 1.82) is 0 Å². The molecule has 4 nitrogen and oxygen atoms in total. The lowest BCUT2D eigenvalue weighted by atomic mass is 10.1. The minimum atomic E-state index is 0.548. The van der Waals surface area contributed by atoms with Crippen LogP contribution in [0, 0.1) is 0 Å². The van der Waals surface area contributed by atoms with Crippen LogP contribution in [0.1, 0.15) is 18.1 Å². The van der Waals surface area contributed by atoms with Crippen molar-refractivity contribution in [2.75, 3.05) is 6.54 Å². The number of ether oxygens (including phenoxy) is 1. The maximum absolute atomic E-state index is 5.74. The fraction of sp³-hybridized carbons (Fsp3) is 0.357. The van der Waals surface area contributed by atoms with Crippen LogP contribution in [0.3, 0.4) is 0 Å². The zero-order valence-electron chi connectivity index (χ0n) is 10.7. The van der Waals surface area contributed by atoms with Gasteiger partial charge in [0, 0.05) is 18.3 Å². The van der Waals surface area contributed by atoms with Crippen molar-refractivity contribution in [2.45, 2.75) is 26.5 Å². The zero-order valence-corrected chi connectivity index (χ0v) is 10.7. The highest BCUT2D eigenvalue weighted by Gasteiger charge is 2.00. The molecule has 0 saturated carbocycles. The lowest BCUT2D eigenvalue weighted by molar-refractivity contribution is 0.306. The first kappa shape index (κ1) is 12.6. The van der Waals surface area contributed by atoms with E-state index < -0.39 is 0 Å². The van der Waals surface area contributed by atoms with Gasteiger partial charge in [-0.15, -0.1) is 0 Å². The molecule has 18 heavy (non-hydrogen) atoms. The third-order valence-corrected chi connectivity index (χ3v) is 2.75. The fourth-order valence-corrected chi connectivity index (χ4v) is 1.78. The first-order valence-corrected chi connectivity index (χ1v) is 6.25. The molecule has 0 spiro atoms. The van der Waals surface area contributed by atoms with Gasteiger partial charge in [0.25, 0.3) is 0 Å². The van der Waals surface area contributed by atoms with Crippen LogP contribution in [-0.4, -0.2) is 16.3 Å². The van der Waals surface area contributed by atoms with Crippen molar-refractivity contribution in [3.05, 3.63) is 47.8 Å². The van der Waals surface area contributed by atoms with Gasteiger partial charge in [-0.2, -0.15) is 5.10 Å². The minimum Gasteiger partial charge on any atom is -0.489 e. The first-order chi connectivity index (χ1) is 8.81. The SMILES string of the molecule is CCn1cc(COc2cccc(CCN)c2)cn1. The summed E-state index contributed by atoms with van der Waals surface area (Å²) in [5.41, 5.74) is 7.83. The van der Waals surface area contributed by atoms with Crippen LogP contribution in [0.15, 0.2) is 36.7 Å². The molecular weight excluding hydrogens is 226 g/mol. The maximum Gasteiger partial charge on any atom is 0.120 e. The Hall–Kier alpha value is -1.81. The highest BCUT2D eigenvalue weighted by molar-refractivity contribution is 5.28. The number of benzene rings is 1. The fourth-order valence-electron chi connectivity index (χ4n) is 1.78. The summed E-state index contributed by atoms with van der Waals surface area (Å²) in [6, 6.07) is 8.06. The van der Waals surface area contributed by atoms with Gasteiger partial charge in [0.1, 0.15) is 12.4 Å². The van der Waals surface area contributed by atoms with Crippen molar-refractivity contribution in [1.82, 2.24) is 9.78 Å². The summed E-state index contributed by atoms with van der Waals surface area (Å²) >= 11 is 0. The molecule has 0 unspecified atom stereocenters. The molecule has 96 valence electrons. The average Bonchev–Trinajstić information content (AvgIpc) is 2.85. The summed E-state index contributed by atoms with van der Waals surface area (Å²) in [5.74, 6) is 0.880. The van der Waals surface area contributed by atoms with Crippen LogP contribution in [0.5, 0.6) is 5.75 Å². The van der Waals surface area contributed by atoms with Gasteiger partial charge >= 0.3 is 0 Å². The maximum atomic E-state index is 5.74. The van der Waals surface area contributed by atoms with Crippen molar-refractivity contribution in [3.63, 3.8) is 0 Å². The summed E-state index contributed by atoms with van der Waals surface area (Å²) < 4.78 is 7.64. The standard InChI is InChI=1S/C14H19N3O/c1-2-17-10-13(9-16-17)11-18-14-5-3-4-12(8-14)6-7-15/h3-5,8-10H,2,6-7,11,15H2,1H3. The van der Waals surface area contributed by atoms with Crippen LogP contribution in [0.4, 0.5) is 0 Å². The molecule has 0 atom stereocenters. The van der Waals surface area contributed by atoms with E-state index in [4.69, 9.17) is 10.5 Å². The predicted octanol–water partition coefficient (Wildman–Crippen LogP) is 1.98. The number of hydrogen-bond acceptors (Lipinski definition) is 3. The number of nitrogens with zero attached hydrogens (tertiary/aromatic N) is 2. The molecule has 1 aromatic carbocycles. The summed E-state index contributed by atoms with van der Waals surface area (Å²) in [5, 5.41) is 4.21. The van der Waals surface area contributed by atoms with Gasteiger partial charge in [-0.3, -0.25) is 4.68 Å². The molecule has 0 radical (unpaired) electrons. The van der Waals surface area contributed by atoms with E-state index in [2.05, 4.69) is 18.1 Å². The summed E-state index contributed by atoms with van der Waals surface area (Å²) in [6.45, 7) is 4.15. The Morgan fingerprint density at radius 2 is 2.22 bits per heavy atom. The van der Waals surface area contributed by atoms with E-state index >= 15 is 0 Å². The molecule has 0 aliphatic heterocycles. The Balaban J connectivity index is 1.94. The quantitative estimate of drug-likeness (QED) is 0.846. The normalized spacial score (nSPS) is 10.6. The molecule has 0 amide bonds. The summed E-state index contributed by atoms with van der Waals surface area (Å²) in [4.78, 5) is 0. The van der Waals surface area contributed by atoms with Gasteiger partial charge in [0.05, 0.1) is 6.20 Å². The molecule has 4 heteroatoms. The summed E-state index contributed by atoms with van der Waals surface area (Å²) in [7, 11) is 0.